The number of carbonyl (C=O) groups excluding carboxylic acids is 1. The Morgan fingerprint density at radius 2 is 2.32 bits per heavy atom. The average molecular weight is 282 g/mol. The monoisotopic (exact) mass is 282 g/mol. The number of nitrogens with one attached hydrogen (secondary N) is 1. The molecule has 1 atom stereocenters. The van der Waals surface area contributed by atoms with Crippen LogP contribution in [0.3, 0.4) is 0 Å². The summed E-state index contributed by atoms with van der Waals surface area (Å²) in [7, 11) is 0. The van der Waals surface area contributed by atoms with Crippen LogP contribution in [0.4, 0.5) is 4.79 Å². The van der Waals surface area contributed by atoms with E-state index in [4.69, 9.17) is 0 Å². The third kappa shape index (κ3) is 2.89. The third-order valence-electron chi connectivity index (χ3n) is 3.59. The first-order valence-corrected chi connectivity index (χ1v) is 7.23. The maximum atomic E-state index is 12.2. The molecule has 1 saturated heterocycles. The molecule has 1 aliphatic rings. The summed E-state index contributed by atoms with van der Waals surface area (Å²) in [6.07, 6.45) is 2.21. The summed E-state index contributed by atoms with van der Waals surface area (Å²) in [6, 6.07) is 3.57. The van der Waals surface area contributed by atoms with Gasteiger partial charge in [-0.1, -0.05) is 6.07 Å². The van der Waals surface area contributed by atoms with Crippen LogP contribution in [0.25, 0.3) is 0 Å². The smallest absolute Gasteiger partial charge is 0.329 e. The number of hydrogen-bond acceptors (Lipinski definition) is 3. The molecule has 1 fully saturated rings. The number of carboxylic acid groups (broad SMARTS) is 1. The van der Waals surface area contributed by atoms with E-state index in [1.54, 1.807) is 18.3 Å². The number of likely N-dealkylation sites (tertiary alicyclic amines) is 1. The Labute approximate surface area is 116 Å². The zero-order valence-corrected chi connectivity index (χ0v) is 11.7. The first-order chi connectivity index (χ1) is 9.04. The molecule has 1 unspecified atom stereocenters. The van der Waals surface area contributed by atoms with Crippen molar-refractivity contribution in [1.29, 1.82) is 0 Å². The van der Waals surface area contributed by atoms with Crippen LogP contribution in [-0.2, 0) is 11.3 Å². The van der Waals surface area contributed by atoms with Gasteiger partial charge in [-0.25, -0.2) is 9.59 Å². The Bertz CT molecular complexity index is 460. The van der Waals surface area contributed by atoms with E-state index in [-0.39, 0.29) is 6.03 Å². The summed E-state index contributed by atoms with van der Waals surface area (Å²) in [5.41, 5.74) is -1.09. The number of carbonyl (C=O) groups is 2. The van der Waals surface area contributed by atoms with Gasteiger partial charge in [0.15, 0.2) is 0 Å². The van der Waals surface area contributed by atoms with Crippen molar-refractivity contribution >= 4 is 23.3 Å². The Balaban J connectivity index is 2.01. The van der Waals surface area contributed by atoms with Gasteiger partial charge in [0, 0.05) is 11.4 Å². The van der Waals surface area contributed by atoms with Crippen LogP contribution in [0.15, 0.2) is 17.5 Å². The van der Waals surface area contributed by atoms with Crippen molar-refractivity contribution in [3.8, 4) is 0 Å². The van der Waals surface area contributed by atoms with Gasteiger partial charge in [-0.3, -0.25) is 0 Å². The molecule has 1 aromatic rings. The number of amides is 2. The lowest BCUT2D eigenvalue weighted by atomic mass is 9.89. The highest BCUT2D eigenvalue weighted by Gasteiger charge is 2.43. The van der Waals surface area contributed by atoms with Gasteiger partial charge in [-0.2, -0.15) is 0 Å². The van der Waals surface area contributed by atoms with Crippen molar-refractivity contribution in [3.63, 3.8) is 0 Å². The van der Waals surface area contributed by atoms with Crippen LogP contribution >= 0.6 is 11.3 Å². The van der Waals surface area contributed by atoms with E-state index in [1.165, 1.54) is 4.90 Å². The highest BCUT2D eigenvalue weighted by molar-refractivity contribution is 7.09. The fourth-order valence-electron chi connectivity index (χ4n) is 2.34. The topological polar surface area (TPSA) is 69.6 Å². The number of hydrogen-bond donors (Lipinski definition) is 2. The van der Waals surface area contributed by atoms with Crippen molar-refractivity contribution in [2.45, 2.75) is 38.3 Å². The summed E-state index contributed by atoms with van der Waals surface area (Å²) in [5, 5.41) is 14.1. The van der Waals surface area contributed by atoms with Gasteiger partial charge in [-0.05, 0) is 37.6 Å². The Kier molecular flexibility index (Phi) is 4.09. The number of carboxylic acids is 1. The molecule has 0 aliphatic carbocycles. The third-order valence-corrected chi connectivity index (χ3v) is 4.47. The molecule has 0 spiro atoms. The first-order valence-electron chi connectivity index (χ1n) is 6.35. The lowest BCUT2D eigenvalue weighted by Gasteiger charge is -2.41. The quantitative estimate of drug-likeness (QED) is 0.893. The summed E-state index contributed by atoms with van der Waals surface area (Å²) >= 11 is 1.57. The van der Waals surface area contributed by atoms with Gasteiger partial charge < -0.3 is 15.3 Å². The number of nitrogens with zero attached hydrogens (tertiary/aromatic N) is 1. The molecule has 2 rings (SSSR count). The summed E-state index contributed by atoms with van der Waals surface area (Å²) in [5.74, 6) is -0.932. The summed E-state index contributed by atoms with van der Waals surface area (Å²) in [4.78, 5) is 26.1. The Morgan fingerprint density at radius 3 is 2.95 bits per heavy atom. The van der Waals surface area contributed by atoms with Gasteiger partial charge in [0.05, 0.1) is 6.54 Å². The maximum absolute atomic E-state index is 12.2. The van der Waals surface area contributed by atoms with E-state index >= 15 is 0 Å². The zero-order chi connectivity index (χ0) is 13.9. The van der Waals surface area contributed by atoms with Crippen molar-refractivity contribution in [2.24, 2.45) is 0 Å². The molecule has 19 heavy (non-hydrogen) atoms. The minimum atomic E-state index is -1.09. The summed E-state index contributed by atoms with van der Waals surface area (Å²) < 4.78 is 0. The second-order valence-corrected chi connectivity index (χ2v) is 5.96. The first kappa shape index (κ1) is 13.9. The van der Waals surface area contributed by atoms with Crippen molar-refractivity contribution in [1.82, 2.24) is 10.2 Å². The lowest BCUT2D eigenvalue weighted by Crippen LogP contribution is -2.59. The second kappa shape index (κ2) is 5.61. The molecule has 6 heteroatoms. The number of piperidine rings is 1. The minimum Gasteiger partial charge on any atom is -0.480 e. The predicted octanol–water partition coefficient (Wildman–Crippen LogP) is 2.29. The van der Waals surface area contributed by atoms with Crippen LogP contribution < -0.4 is 5.32 Å². The number of urea groups is 1. The molecular weight excluding hydrogens is 264 g/mol. The molecule has 2 amide bonds. The van der Waals surface area contributed by atoms with Crippen molar-refractivity contribution in [2.75, 3.05) is 6.54 Å². The molecule has 0 aromatic carbocycles. The largest absolute Gasteiger partial charge is 0.480 e. The lowest BCUT2D eigenvalue weighted by molar-refractivity contribution is -0.150. The van der Waals surface area contributed by atoms with Crippen LogP contribution in [0, 0.1) is 0 Å². The molecule has 2 heterocycles. The van der Waals surface area contributed by atoms with Gasteiger partial charge in [0.2, 0.25) is 0 Å². The van der Waals surface area contributed by atoms with E-state index in [9.17, 15) is 14.7 Å². The zero-order valence-electron chi connectivity index (χ0n) is 10.9. The number of aliphatic carboxylic acids is 1. The van der Waals surface area contributed by atoms with Gasteiger partial charge in [-0.15, -0.1) is 11.3 Å². The van der Waals surface area contributed by atoms with Gasteiger partial charge in [0.1, 0.15) is 5.54 Å². The average Bonchev–Trinajstić information content (AvgIpc) is 2.89. The molecule has 0 saturated carbocycles. The van der Waals surface area contributed by atoms with E-state index in [2.05, 4.69) is 5.32 Å². The maximum Gasteiger partial charge on any atom is 0.329 e. The number of rotatable bonds is 3. The highest BCUT2D eigenvalue weighted by atomic mass is 32.1. The molecule has 0 radical (unpaired) electrons. The standard InChI is InChI=1S/C13H18N2O3S/c1-13(11(16)17)6-2-3-7-15(13)12(18)14-9-10-5-4-8-19-10/h4-5,8H,2-3,6-7,9H2,1H3,(H,14,18)(H,16,17). The Morgan fingerprint density at radius 1 is 1.53 bits per heavy atom. The molecular formula is C13H18N2O3S. The number of thiophene rings is 1. The predicted molar refractivity (Wildman–Crippen MR) is 73.2 cm³/mol. The van der Waals surface area contributed by atoms with Crippen LogP contribution in [-0.4, -0.2) is 34.1 Å². The molecule has 1 aromatic heterocycles. The van der Waals surface area contributed by atoms with E-state index in [0.29, 0.717) is 19.5 Å². The second-order valence-electron chi connectivity index (χ2n) is 4.93. The molecule has 1 aliphatic heterocycles. The Hall–Kier alpha value is -1.56. The van der Waals surface area contributed by atoms with Crippen LogP contribution in [0.2, 0.25) is 0 Å². The molecule has 104 valence electrons. The van der Waals surface area contributed by atoms with Gasteiger partial charge in [0.25, 0.3) is 0 Å². The van der Waals surface area contributed by atoms with Crippen molar-refractivity contribution < 1.29 is 14.7 Å². The van der Waals surface area contributed by atoms with E-state index in [1.807, 2.05) is 17.5 Å². The van der Waals surface area contributed by atoms with Crippen molar-refractivity contribution in [3.05, 3.63) is 22.4 Å². The van der Waals surface area contributed by atoms with Gasteiger partial charge >= 0.3 is 12.0 Å². The molecule has 0 bridgehead atoms. The van der Waals surface area contributed by atoms with Crippen LogP contribution in [0.1, 0.15) is 31.1 Å². The molecule has 2 N–H and O–H groups in total. The SMILES string of the molecule is CC1(C(=O)O)CCCCN1C(=O)NCc1cccs1. The normalized spacial score (nSPS) is 23.1. The highest BCUT2D eigenvalue weighted by Crippen LogP contribution is 2.28. The fourth-order valence-corrected chi connectivity index (χ4v) is 2.98. The minimum absolute atomic E-state index is 0.294. The fraction of sp³-hybridized carbons (Fsp3) is 0.538. The van der Waals surface area contributed by atoms with Crippen LogP contribution in [0.5, 0.6) is 0 Å². The molecule has 5 nitrogen and oxygen atoms in total. The summed E-state index contributed by atoms with van der Waals surface area (Å²) in [6.45, 7) is 2.57. The van der Waals surface area contributed by atoms with E-state index < -0.39 is 11.5 Å². The van der Waals surface area contributed by atoms with E-state index in [0.717, 1.165) is 17.7 Å².